The van der Waals surface area contributed by atoms with E-state index in [0.717, 1.165) is 77.3 Å². The highest BCUT2D eigenvalue weighted by molar-refractivity contribution is 6.35. The van der Waals surface area contributed by atoms with E-state index in [1.54, 1.807) is 16.5 Å². The van der Waals surface area contributed by atoms with Gasteiger partial charge in [0.1, 0.15) is 11.4 Å². The van der Waals surface area contributed by atoms with Crippen molar-refractivity contribution in [3.05, 3.63) is 97.5 Å². The Morgan fingerprint density at radius 2 is 1.67 bits per heavy atom. The van der Waals surface area contributed by atoms with Gasteiger partial charge in [0.25, 0.3) is 5.91 Å². The summed E-state index contributed by atoms with van der Waals surface area (Å²) < 4.78 is 11.9. The molecule has 3 aromatic carbocycles. The number of benzene rings is 3. The monoisotopic (exact) mass is 725 g/mol. The molecule has 1 amide bonds. The summed E-state index contributed by atoms with van der Waals surface area (Å²) in [4.78, 5) is 29.6. The number of aromatic carboxylic acids is 1. The van der Waals surface area contributed by atoms with Gasteiger partial charge in [0.05, 0.1) is 34.0 Å². The number of carbonyl (C=O) groups is 2. The van der Waals surface area contributed by atoms with E-state index in [4.69, 9.17) is 33.0 Å². The molecule has 7 rings (SSSR count). The second-order valence-corrected chi connectivity index (χ2v) is 14.6. The Labute approximate surface area is 306 Å². The van der Waals surface area contributed by atoms with Gasteiger partial charge in [-0.25, -0.2) is 4.79 Å². The van der Waals surface area contributed by atoms with Crippen molar-refractivity contribution in [3.8, 4) is 16.9 Å². The number of carboxylic acid groups (broad SMARTS) is 1. The van der Waals surface area contributed by atoms with Gasteiger partial charge in [-0.1, -0.05) is 41.4 Å². The molecule has 0 saturated carbocycles. The molecular formula is C40H41Cl2N5O4. The van der Waals surface area contributed by atoms with Crippen LogP contribution in [0, 0.1) is 34.6 Å². The van der Waals surface area contributed by atoms with E-state index >= 15 is 4.79 Å². The summed E-state index contributed by atoms with van der Waals surface area (Å²) in [5.41, 5.74) is 10.0. The van der Waals surface area contributed by atoms with Gasteiger partial charge in [0.2, 0.25) is 0 Å². The summed E-state index contributed by atoms with van der Waals surface area (Å²) in [6.07, 6.45) is 1.18. The second-order valence-electron chi connectivity index (χ2n) is 13.9. The van der Waals surface area contributed by atoms with Gasteiger partial charge < -0.3 is 23.9 Å². The Kier molecular flexibility index (Phi) is 8.71. The first-order valence-electron chi connectivity index (χ1n) is 17.1. The van der Waals surface area contributed by atoms with Gasteiger partial charge in [0.15, 0.2) is 5.69 Å². The van der Waals surface area contributed by atoms with Crippen molar-refractivity contribution in [1.29, 1.82) is 0 Å². The number of ether oxygens (including phenoxy) is 1. The molecule has 11 heteroatoms. The minimum Gasteiger partial charge on any atom is -0.494 e. The van der Waals surface area contributed by atoms with Gasteiger partial charge in [0, 0.05) is 59.3 Å². The molecule has 1 N–H and O–H groups in total. The third kappa shape index (κ3) is 5.49. The molecule has 0 aliphatic carbocycles. The predicted octanol–water partition coefficient (Wildman–Crippen LogP) is 9.31. The number of fused-ring (bicyclic) bond motifs is 4. The summed E-state index contributed by atoms with van der Waals surface area (Å²) in [6.45, 7) is 12.7. The number of halogens is 2. The molecule has 6 aromatic rings. The summed E-state index contributed by atoms with van der Waals surface area (Å²) in [5.74, 6) is -0.589. The Balaban J connectivity index is 1.41. The van der Waals surface area contributed by atoms with Gasteiger partial charge in [-0.05, 0) is 101 Å². The number of aromatic nitrogens is 4. The first kappa shape index (κ1) is 34.7. The fraction of sp³-hybridized carbons (Fsp3) is 0.325. The molecule has 0 bridgehead atoms. The average Bonchev–Trinajstić information content (AvgIpc) is 3.65. The number of hydrogen-bond acceptors (Lipinski definition) is 4. The maximum atomic E-state index is 15.1. The molecule has 9 nitrogen and oxygen atoms in total. The van der Waals surface area contributed by atoms with E-state index in [1.807, 2.05) is 88.8 Å². The van der Waals surface area contributed by atoms with Crippen molar-refractivity contribution < 1.29 is 19.4 Å². The predicted molar refractivity (Wildman–Crippen MR) is 204 cm³/mol. The van der Waals surface area contributed by atoms with Crippen molar-refractivity contribution >= 4 is 62.6 Å². The minimum atomic E-state index is -1.09. The number of aryl methyl sites for hydroxylation is 7. The van der Waals surface area contributed by atoms with Gasteiger partial charge in [-0.2, -0.15) is 5.10 Å². The maximum absolute atomic E-state index is 15.1. The van der Waals surface area contributed by atoms with Gasteiger partial charge in [-0.3, -0.25) is 9.48 Å². The highest BCUT2D eigenvalue weighted by Crippen LogP contribution is 2.46. The first-order valence-corrected chi connectivity index (χ1v) is 17.9. The van der Waals surface area contributed by atoms with Crippen molar-refractivity contribution in [3.63, 3.8) is 0 Å². The molecule has 3 aromatic heterocycles. The van der Waals surface area contributed by atoms with Crippen molar-refractivity contribution in [1.82, 2.24) is 18.9 Å². The normalized spacial score (nSPS) is 14.6. The molecule has 51 heavy (non-hydrogen) atoms. The van der Waals surface area contributed by atoms with Crippen LogP contribution in [0.25, 0.3) is 32.9 Å². The number of carboxylic acids is 1. The smallest absolute Gasteiger partial charge is 0.354 e. The summed E-state index contributed by atoms with van der Waals surface area (Å²) in [5, 5.41) is 18.1. The maximum Gasteiger partial charge on any atom is 0.354 e. The summed E-state index contributed by atoms with van der Waals surface area (Å²) in [7, 11) is 3.66. The molecule has 4 heterocycles. The van der Waals surface area contributed by atoms with E-state index in [0.29, 0.717) is 35.9 Å². The molecule has 1 atom stereocenters. The van der Waals surface area contributed by atoms with Crippen molar-refractivity contribution in [2.75, 3.05) is 18.1 Å². The zero-order chi connectivity index (χ0) is 36.6. The lowest BCUT2D eigenvalue weighted by atomic mass is 9.98. The number of anilines is 1. The van der Waals surface area contributed by atoms with Crippen molar-refractivity contribution in [2.24, 2.45) is 14.1 Å². The van der Waals surface area contributed by atoms with Crippen LogP contribution in [0.3, 0.4) is 0 Å². The lowest BCUT2D eigenvalue weighted by molar-refractivity contribution is 0.0687. The fourth-order valence-electron chi connectivity index (χ4n) is 7.97. The Morgan fingerprint density at radius 3 is 2.31 bits per heavy atom. The Hall–Kier alpha value is -4.73. The van der Waals surface area contributed by atoms with Crippen LogP contribution in [-0.2, 0) is 20.5 Å². The van der Waals surface area contributed by atoms with Crippen molar-refractivity contribution in [2.45, 2.75) is 60.4 Å². The Morgan fingerprint density at radius 1 is 0.980 bits per heavy atom. The molecule has 1 aliphatic rings. The summed E-state index contributed by atoms with van der Waals surface area (Å²) in [6, 6.07) is 13.4. The topological polar surface area (TPSA) is 94.5 Å². The number of hydrogen-bond donors (Lipinski definition) is 1. The zero-order valence-corrected chi connectivity index (χ0v) is 31.6. The molecule has 0 fully saturated rings. The quantitative estimate of drug-likeness (QED) is 0.158. The molecule has 0 unspecified atom stereocenters. The molecule has 0 saturated heterocycles. The highest BCUT2D eigenvalue weighted by atomic mass is 35.5. The van der Waals surface area contributed by atoms with Crippen LogP contribution >= 0.6 is 23.2 Å². The average molecular weight is 727 g/mol. The van der Waals surface area contributed by atoms with E-state index in [1.165, 1.54) is 0 Å². The van der Waals surface area contributed by atoms with E-state index < -0.39 is 5.97 Å². The Bertz CT molecular complexity index is 2410. The molecule has 0 spiro atoms. The van der Waals surface area contributed by atoms with E-state index in [2.05, 4.69) is 11.5 Å². The van der Waals surface area contributed by atoms with E-state index in [9.17, 15) is 9.90 Å². The SMILES string of the molecule is Cc1ccc2c(N3C[C@@H](C)n4c(c(CCCOc5cc(C)c(Cl)c(C)c5)c5ccc(Cl)c(-c6c(C)nn(C)c6C)c54)C3=O)c(C(=O)O)n(C)c2c1. The van der Waals surface area contributed by atoms with Crippen LogP contribution in [0.2, 0.25) is 10.0 Å². The molecule has 1 aliphatic heterocycles. The lowest BCUT2D eigenvalue weighted by Gasteiger charge is -2.34. The number of nitrogens with zero attached hydrogens (tertiary/aromatic N) is 5. The molecular weight excluding hydrogens is 685 g/mol. The third-order valence-corrected chi connectivity index (χ3v) is 11.3. The van der Waals surface area contributed by atoms with Crippen LogP contribution < -0.4 is 9.64 Å². The van der Waals surface area contributed by atoms with Crippen LogP contribution in [0.15, 0.2) is 42.5 Å². The molecule has 0 radical (unpaired) electrons. The standard InChI is InChI=1S/C40H41Cl2N5O4/c1-20-11-12-29-31(16-20)44(7)38(40(49)50)36(29)46-19-23(4)47-35-28(13-14-30(41)33(35)32-24(5)43-45(8)25(32)6)27(37(47)39(46)48)10-9-15-51-26-17-21(2)34(42)22(3)18-26/h11-14,16-18,23H,9-10,15,19H2,1-8H3,(H,49,50)/t23-/m1/s1. The number of carbonyl (C=O) groups excluding carboxylic acids is 1. The number of amides is 1. The van der Waals surface area contributed by atoms with Crippen LogP contribution in [0.5, 0.6) is 5.75 Å². The van der Waals surface area contributed by atoms with Gasteiger partial charge >= 0.3 is 5.97 Å². The lowest BCUT2D eigenvalue weighted by Crippen LogP contribution is -2.43. The minimum absolute atomic E-state index is 0.0783. The van der Waals surface area contributed by atoms with E-state index in [-0.39, 0.29) is 24.2 Å². The number of rotatable bonds is 8. The highest BCUT2D eigenvalue weighted by Gasteiger charge is 2.39. The fourth-order valence-corrected chi connectivity index (χ4v) is 8.32. The molecule has 264 valence electrons. The van der Waals surface area contributed by atoms with Crippen LogP contribution in [0.1, 0.15) is 74.0 Å². The van der Waals surface area contributed by atoms with Gasteiger partial charge in [-0.15, -0.1) is 0 Å². The first-order chi connectivity index (χ1) is 24.2. The second kappa shape index (κ2) is 12.8. The van der Waals surface area contributed by atoms with Crippen LogP contribution in [0.4, 0.5) is 5.69 Å². The van der Waals surface area contributed by atoms with Crippen LogP contribution in [-0.4, -0.2) is 49.0 Å². The zero-order valence-electron chi connectivity index (χ0n) is 30.1. The third-order valence-electron chi connectivity index (χ3n) is 10.4. The summed E-state index contributed by atoms with van der Waals surface area (Å²) >= 11 is 13.5. The largest absolute Gasteiger partial charge is 0.494 e.